The highest BCUT2D eigenvalue weighted by Gasteiger charge is 2.24. The number of amides is 2. The van der Waals surface area contributed by atoms with E-state index in [0.29, 0.717) is 23.1 Å². The van der Waals surface area contributed by atoms with Crippen molar-refractivity contribution in [2.24, 2.45) is 0 Å². The van der Waals surface area contributed by atoms with Crippen molar-refractivity contribution in [1.29, 1.82) is 0 Å². The molecule has 0 radical (unpaired) electrons. The van der Waals surface area contributed by atoms with E-state index in [9.17, 15) is 18.0 Å². The van der Waals surface area contributed by atoms with E-state index >= 15 is 0 Å². The molecule has 0 saturated carbocycles. The van der Waals surface area contributed by atoms with Crippen LogP contribution in [0, 0.1) is 0 Å². The van der Waals surface area contributed by atoms with Crippen LogP contribution < -0.4 is 10.6 Å². The van der Waals surface area contributed by atoms with E-state index in [1.54, 1.807) is 60.0 Å². The van der Waals surface area contributed by atoms with Crippen molar-refractivity contribution in [3.8, 4) is 0 Å². The highest BCUT2D eigenvalue weighted by atomic mass is 32.2. The van der Waals surface area contributed by atoms with E-state index in [0.717, 1.165) is 0 Å². The van der Waals surface area contributed by atoms with E-state index in [4.69, 9.17) is 0 Å². The summed E-state index contributed by atoms with van der Waals surface area (Å²) in [4.78, 5) is 24.0. The Morgan fingerprint density at radius 2 is 1.68 bits per heavy atom. The molecular weight excluding hydrogens is 474 g/mol. The molecule has 3 rings (SSSR count). The maximum absolute atomic E-state index is 12.8. The van der Waals surface area contributed by atoms with E-state index in [1.165, 1.54) is 30.8 Å². The van der Waals surface area contributed by atoms with Gasteiger partial charge in [0.2, 0.25) is 11.8 Å². The molecule has 1 heterocycles. The Kier molecular flexibility index (Phi) is 8.24. The van der Waals surface area contributed by atoms with Crippen molar-refractivity contribution >= 4 is 44.8 Å². The largest absolute Gasteiger partial charge is 0.326 e. The number of hydrogen-bond donors (Lipinski definition) is 2. The second kappa shape index (κ2) is 11.1. The predicted octanol–water partition coefficient (Wildman–Crippen LogP) is 3.52. The van der Waals surface area contributed by atoms with Crippen LogP contribution in [0.5, 0.6) is 0 Å². The quantitative estimate of drug-likeness (QED) is 0.323. The molecule has 3 aromatic rings. The minimum atomic E-state index is -3.61. The van der Waals surface area contributed by atoms with Crippen molar-refractivity contribution in [1.82, 2.24) is 14.8 Å². The van der Waals surface area contributed by atoms with Crippen LogP contribution in [0.25, 0.3) is 0 Å². The van der Waals surface area contributed by atoms with Crippen molar-refractivity contribution < 1.29 is 18.0 Å². The minimum Gasteiger partial charge on any atom is -0.326 e. The zero-order valence-electron chi connectivity index (χ0n) is 18.8. The van der Waals surface area contributed by atoms with Gasteiger partial charge in [0.15, 0.2) is 15.0 Å². The fourth-order valence-electron chi connectivity index (χ4n) is 3.00. The number of anilines is 2. The lowest BCUT2D eigenvalue weighted by Gasteiger charge is -2.13. The molecule has 1 aromatic heterocycles. The number of hydrogen-bond acceptors (Lipinski definition) is 7. The summed E-state index contributed by atoms with van der Waals surface area (Å²) in [7, 11) is -3.61. The first-order valence-corrected chi connectivity index (χ1v) is 12.9. The first kappa shape index (κ1) is 25.2. The van der Waals surface area contributed by atoms with Crippen LogP contribution in [0.4, 0.5) is 11.4 Å². The van der Waals surface area contributed by atoms with Crippen LogP contribution >= 0.6 is 11.8 Å². The highest BCUT2D eigenvalue weighted by Crippen LogP contribution is 2.25. The molecular formula is C23H25N5O4S2. The van der Waals surface area contributed by atoms with Crippen molar-refractivity contribution in [3.63, 3.8) is 0 Å². The molecule has 0 spiro atoms. The van der Waals surface area contributed by atoms with Crippen molar-refractivity contribution in [3.05, 3.63) is 73.1 Å². The van der Waals surface area contributed by atoms with Gasteiger partial charge in [-0.25, -0.2) is 8.42 Å². The van der Waals surface area contributed by atoms with Gasteiger partial charge >= 0.3 is 0 Å². The molecule has 0 bridgehead atoms. The fourth-order valence-corrected chi connectivity index (χ4v) is 5.17. The molecule has 1 atom stereocenters. The topological polar surface area (TPSA) is 123 Å². The summed E-state index contributed by atoms with van der Waals surface area (Å²) >= 11 is 1.17. The summed E-state index contributed by atoms with van der Waals surface area (Å²) in [5.74, 6) is -0.489. The summed E-state index contributed by atoms with van der Waals surface area (Å²) in [6.07, 6.45) is 1.62. The molecule has 2 N–H and O–H groups in total. The van der Waals surface area contributed by atoms with Crippen molar-refractivity contribution in [2.45, 2.75) is 41.4 Å². The molecule has 1 unspecified atom stereocenters. The van der Waals surface area contributed by atoms with Gasteiger partial charge in [-0.15, -0.1) is 16.8 Å². The Hall–Kier alpha value is -3.44. The minimum absolute atomic E-state index is 0.179. The molecule has 2 aromatic carbocycles. The normalized spacial score (nSPS) is 12.1. The van der Waals surface area contributed by atoms with Crippen LogP contribution in [0.3, 0.4) is 0 Å². The van der Waals surface area contributed by atoms with Gasteiger partial charge in [-0.05, 0) is 43.3 Å². The zero-order chi connectivity index (χ0) is 24.7. The smallest absolute Gasteiger partial charge is 0.237 e. The average Bonchev–Trinajstić information content (AvgIpc) is 3.16. The number of allylic oxidation sites excluding steroid dienone is 1. The number of carbonyl (C=O) groups is 2. The predicted molar refractivity (Wildman–Crippen MR) is 132 cm³/mol. The SMILES string of the molecule is C=CCn1c(CS(=O)(=O)c2ccccc2)nnc1SC(C)C(=O)Nc1ccc(NC(C)=O)cc1. The number of nitrogens with one attached hydrogen (secondary N) is 2. The summed E-state index contributed by atoms with van der Waals surface area (Å²) in [6.45, 7) is 7.17. The van der Waals surface area contributed by atoms with Gasteiger partial charge in [-0.1, -0.05) is 36.0 Å². The first-order valence-electron chi connectivity index (χ1n) is 10.4. The Labute approximate surface area is 202 Å². The molecule has 34 heavy (non-hydrogen) atoms. The molecule has 0 aliphatic heterocycles. The van der Waals surface area contributed by atoms with Crippen molar-refractivity contribution in [2.75, 3.05) is 10.6 Å². The van der Waals surface area contributed by atoms with Gasteiger partial charge in [0.05, 0.1) is 10.1 Å². The highest BCUT2D eigenvalue weighted by molar-refractivity contribution is 8.00. The van der Waals surface area contributed by atoms with Gasteiger partial charge < -0.3 is 15.2 Å². The second-order valence-corrected chi connectivity index (χ2v) is 10.7. The first-order chi connectivity index (χ1) is 16.2. The van der Waals surface area contributed by atoms with Gasteiger partial charge in [0, 0.05) is 24.8 Å². The molecule has 11 heteroatoms. The van der Waals surface area contributed by atoms with Crippen LogP contribution in [0.2, 0.25) is 0 Å². The summed E-state index contributed by atoms with van der Waals surface area (Å²) < 4.78 is 27.2. The molecule has 0 fully saturated rings. The maximum Gasteiger partial charge on any atom is 0.237 e. The number of benzene rings is 2. The lowest BCUT2D eigenvalue weighted by atomic mass is 10.2. The molecule has 178 valence electrons. The molecule has 0 saturated heterocycles. The number of nitrogens with zero attached hydrogens (tertiary/aromatic N) is 3. The standard InChI is InChI=1S/C23H25N5O4S2/c1-4-14-28-21(15-34(31,32)20-8-6-5-7-9-20)26-27-23(28)33-16(2)22(30)25-19-12-10-18(11-13-19)24-17(3)29/h4-13,16H,1,14-15H2,2-3H3,(H,24,29)(H,25,30). The second-order valence-electron chi connectivity index (χ2n) is 7.38. The summed E-state index contributed by atoms with van der Waals surface area (Å²) in [5, 5.41) is 13.6. The van der Waals surface area contributed by atoms with Crippen LogP contribution in [-0.4, -0.2) is 40.2 Å². The van der Waals surface area contributed by atoms with Gasteiger partial charge in [-0.2, -0.15) is 0 Å². The number of aromatic nitrogens is 3. The third kappa shape index (κ3) is 6.55. The van der Waals surface area contributed by atoms with Crippen LogP contribution in [0.1, 0.15) is 19.7 Å². The zero-order valence-corrected chi connectivity index (χ0v) is 20.4. The van der Waals surface area contributed by atoms with Gasteiger partial charge in [-0.3, -0.25) is 9.59 Å². The Morgan fingerprint density at radius 3 is 2.26 bits per heavy atom. The van der Waals surface area contributed by atoms with Gasteiger partial charge in [0.1, 0.15) is 11.6 Å². The van der Waals surface area contributed by atoms with E-state index in [1.807, 2.05) is 0 Å². The average molecular weight is 500 g/mol. The fraction of sp³-hybridized carbons (Fsp3) is 0.217. The lowest BCUT2D eigenvalue weighted by molar-refractivity contribution is -0.115. The Bertz CT molecular complexity index is 1270. The number of carbonyl (C=O) groups excluding carboxylic acids is 2. The Balaban J connectivity index is 1.71. The Morgan fingerprint density at radius 1 is 1.06 bits per heavy atom. The van der Waals surface area contributed by atoms with Gasteiger partial charge in [0.25, 0.3) is 0 Å². The third-order valence-electron chi connectivity index (χ3n) is 4.65. The molecule has 0 aliphatic carbocycles. The summed E-state index contributed by atoms with van der Waals surface area (Å²) in [6, 6.07) is 14.9. The van der Waals surface area contributed by atoms with E-state index < -0.39 is 15.1 Å². The van der Waals surface area contributed by atoms with Crippen LogP contribution in [0.15, 0.2) is 77.3 Å². The van der Waals surface area contributed by atoms with E-state index in [-0.39, 0.29) is 28.3 Å². The number of rotatable bonds is 10. The maximum atomic E-state index is 12.8. The monoisotopic (exact) mass is 499 g/mol. The van der Waals surface area contributed by atoms with Crippen LogP contribution in [-0.2, 0) is 31.7 Å². The number of thioether (sulfide) groups is 1. The van der Waals surface area contributed by atoms with E-state index in [2.05, 4.69) is 27.4 Å². The molecule has 2 amide bonds. The molecule has 9 nitrogen and oxygen atoms in total. The lowest BCUT2D eigenvalue weighted by Crippen LogP contribution is -2.23. The summed E-state index contributed by atoms with van der Waals surface area (Å²) in [5.41, 5.74) is 1.21. The third-order valence-corrected chi connectivity index (χ3v) is 7.36. The number of sulfone groups is 1. The molecule has 0 aliphatic rings.